The van der Waals surface area contributed by atoms with Crippen molar-refractivity contribution in [3.63, 3.8) is 0 Å². The van der Waals surface area contributed by atoms with Gasteiger partial charge in [0.15, 0.2) is 0 Å². The van der Waals surface area contributed by atoms with E-state index < -0.39 is 5.41 Å². The molecule has 0 heterocycles. The Balaban J connectivity index is 4.18. The van der Waals surface area contributed by atoms with Gasteiger partial charge in [0.05, 0.1) is 24.7 Å². The number of hydrogen-bond donors (Lipinski definition) is 2. The Hall–Kier alpha value is -0.650. The van der Waals surface area contributed by atoms with Gasteiger partial charge in [-0.15, -0.1) is 0 Å². The van der Waals surface area contributed by atoms with Crippen LogP contribution in [0.5, 0.6) is 0 Å². The summed E-state index contributed by atoms with van der Waals surface area (Å²) in [5.41, 5.74) is -0.949. The summed E-state index contributed by atoms with van der Waals surface area (Å²) in [5, 5.41) is 20.8. The summed E-state index contributed by atoms with van der Waals surface area (Å²) in [5.74, 6) is -0.301. The third-order valence-corrected chi connectivity index (χ3v) is 10.8. The lowest BCUT2D eigenvalue weighted by molar-refractivity contribution is -0.161. The van der Waals surface area contributed by atoms with E-state index in [1.54, 1.807) is 6.92 Å². The molecule has 2 N–H and O–H groups in total. The fourth-order valence-corrected chi connectivity index (χ4v) is 7.08. The number of carbonyl (C=O) groups excluding carboxylic acids is 1. The van der Waals surface area contributed by atoms with Crippen LogP contribution in [0.15, 0.2) is 0 Å². The predicted octanol–water partition coefficient (Wildman–Crippen LogP) is 13.2. The zero-order valence-electron chi connectivity index (χ0n) is 33.6. The maximum absolute atomic E-state index is 11.9. The van der Waals surface area contributed by atoms with Gasteiger partial charge >= 0.3 is 5.97 Å². The van der Waals surface area contributed by atoms with E-state index in [9.17, 15) is 15.0 Å². The standard InChI is InChI=1S/C44H88O5/c1-4-7-9-11-13-15-17-19-21-23-25-27-29-31-33-35-37-42(44(39-45,40-46)41-49-43(47)6-3)48-38-36-34-32-30-28-26-24-22-20-18-16-14-12-10-8-5-2/h42,45-46H,4-41H2,1-3H3. The number of aliphatic hydroxyl groups excluding tert-OH is 2. The van der Waals surface area contributed by atoms with Crippen molar-refractivity contribution in [3.05, 3.63) is 0 Å². The smallest absolute Gasteiger partial charge is 0.305 e. The molecule has 0 saturated heterocycles. The van der Waals surface area contributed by atoms with E-state index in [1.807, 2.05) is 0 Å². The summed E-state index contributed by atoms with van der Waals surface area (Å²) in [6.07, 6.45) is 43.5. The molecule has 1 unspecified atom stereocenters. The first-order valence-corrected chi connectivity index (χ1v) is 22.1. The molecule has 0 aromatic carbocycles. The van der Waals surface area contributed by atoms with Crippen molar-refractivity contribution >= 4 is 5.97 Å². The molecule has 0 aromatic heterocycles. The third-order valence-electron chi connectivity index (χ3n) is 10.8. The lowest BCUT2D eigenvalue weighted by atomic mass is 9.81. The van der Waals surface area contributed by atoms with Gasteiger partial charge < -0.3 is 19.7 Å². The van der Waals surface area contributed by atoms with Gasteiger partial charge in [-0.05, 0) is 12.8 Å². The largest absolute Gasteiger partial charge is 0.465 e. The van der Waals surface area contributed by atoms with E-state index in [4.69, 9.17) is 9.47 Å². The van der Waals surface area contributed by atoms with E-state index in [0.29, 0.717) is 6.61 Å². The van der Waals surface area contributed by atoms with Gasteiger partial charge in [0.1, 0.15) is 6.61 Å². The number of carbonyl (C=O) groups is 1. The Kier molecular flexibility index (Phi) is 38.1. The van der Waals surface area contributed by atoms with Crippen LogP contribution in [0.1, 0.15) is 239 Å². The molecule has 0 amide bonds. The number of rotatable bonds is 41. The van der Waals surface area contributed by atoms with Crippen LogP contribution in [0.3, 0.4) is 0 Å². The molecular weight excluding hydrogens is 608 g/mol. The molecule has 0 aliphatic heterocycles. The van der Waals surface area contributed by atoms with Crippen LogP contribution in [-0.4, -0.2) is 48.7 Å². The lowest BCUT2D eigenvalue weighted by Crippen LogP contribution is -2.48. The Morgan fingerprint density at radius 3 is 1.08 bits per heavy atom. The minimum Gasteiger partial charge on any atom is -0.465 e. The molecule has 0 rings (SSSR count). The Morgan fingerprint density at radius 1 is 0.469 bits per heavy atom. The first kappa shape index (κ1) is 48.3. The predicted molar refractivity (Wildman–Crippen MR) is 211 cm³/mol. The van der Waals surface area contributed by atoms with Crippen molar-refractivity contribution in [2.45, 2.75) is 245 Å². The van der Waals surface area contributed by atoms with Crippen molar-refractivity contribution in [1.29, 1.82) is 0 Å². The Bertz CT molecular complexity index is 649. The van der Waals surface area contributed by atoms with Gasteiger partial charge in [-0.2, -0.15) is 0 Å². The van der Waals surface area contributed by atoms with E-state index in [0.717, 1.165) is 32.1 Å². The van der Waals surface area contributed by atoms with Crippen LogP contribution in [0.25, 0.3) is 0 Å². The van der Waals surface area contributed by atoms with Gasteiger partial charge in [-0.3, -0.25) is 4.79 Å². The van der Waals surface area contributed by atoms with Crippen molar-refractivity contribution in [2.75, 3.05) is 26.4 Å². The van der Waals surface area contributed by atoms with Crippen LogP contribution in [0, 0.1) is 5.41 Å². The first-order chi connectivity index (χ1) is 24.1. The summed E-state index contributed by atoms with van der Waals surface area (Å²) in [4.78, 5) is 11.9. The molecule has 0 aromatic rings. The van der Waals surface area contributed by atoms with Crippen LogP contribution >= 0.6 is 0 Å². The summed E-state index contributed by atoms with van der Waals surface area (Å²) in [7, 11) is 0. The molecule has 0 bridgehead atoms. The molecule has 0 aliphatic rings. The van der Waals surface area contributed by atoms with Crippen molar-refractivity contribution in [3.8, 4) is 0 Å². The molecule has 0 aliphatic carbocycles. The molecule has 1 atom stereocenters. The maximum Gasteiger partial charge on any atom is 0.305 e. The highest BCUT2D eigenvalue weighted by Gasteiger charge is 2.40. The molecular formula is C44H88O5. The van der Waals surface area contributed by atoms with Crippen LogP contribution in [0.4, 0.5) is 0 Å². The number of hydrogen-bond acceptors (Lipinski definition) is 5. The second kappa shape index (κ2) is 38.6. The average Bonchev–Trinajstić information content (AvgIpc) is 3.12. The molecule has 0 radical (unpaired) electrons. The van der Waals surface area contributed by atoms with Crippen LogP contribution in [0.2, 0.25) is 0 Å². The first-order valence-electron chi connectivity index (χ1n) is 22.1. The molecule has 49 heavy (non-hydrogen) atoms. The van der Waals surface area contributed by atoms with Gasteiger partial charge in [0, 0.05) is 13.0 Å². The normalized spacial score (nSPS) is 12.5. The van der Waals surface area contributed by atoms with E-state index >= 15 is 0 Å². The zero-order chi connectivity index (χ0) is 35.9. The minimum absolute atomic E-state index is 0.00908. The monoisotopic (exact) mass is 697 g/mol. The number of unbranched alkanes of at least 4 members (excludes halogenated alkanes) is 30. The quantitative estimate of drug-likeness (QED) is 0.0491. The van der Waals surface area contributed by atoms with Gasteiger partial charge in [-0.25, -0.2) is 0 Å². The topological polar surface area (TPSA) is 76.0 Å². The molecule has 5 heteroatoms. The van der Waals surface area contributed by atoms with Gasteiger partial charge in [0.2, 0.25) is 0 Å². The summed E-state index contributed by atoms with van der Waals surface area (Å²) in [6.45, 7) is 6.48. The van der Waals surface area contributed by atoms with Crippen molar-refractivity contribution in [2.24, 2.45) is 5.41 Å². The fraction of sp³-hybridized carbons (Fsp3) is 0.977. The second-order valence-corrected chi connectivity index (χ2v) is 15.4. The fourth-order valence-electron chi connectivity index (χ4n) is 7.08. The average molecular weight is 697 g/mol. The van der Waals surface area contributed by atoms with Crippen LogP contribution in [-0.2, 0) is 14.3 Å². The number of aliphatic hydroxyl groups is 2. The molecule has 5 nitrogen and oxygen atoms in total. The second-order valence-electron chi connectivity index (χ2n) is 15.4. The SMILES string of the molecule is CCCCCCCCCCCCCCCCCCOC(CCCCCCCCCCCCCCCCCC)C(CO)(CO)COC(=O)CC. The molecule has 0 spiro atoms. The maximum atomic E-state index is 11.9. The van der Waals surface area contributed by atoms with Gasteiger partial charge in [0.25, 0.3) is 0 Å². The lowest BCUT2D eigenvalue weighted by Gasteiger charge is -2.37. The summed E-state index contributed by atoms with van der Waals surface area (Å²) >= 11 is 0. The minimum atomic E-state index is -0.949. The third kappa shape index (κ3) is 30.7. The Morgan fingerprint density at radius 2 is 0.776 bits per heavy atom. The highest BCUT2D eigenvalue weighted by atomic mass is 16.5. The van der Waals surface area contributed by atoms with E-state index in [-0.39, 0.29) is 38.3 Å². The zero-order valence-corrected chi connectivity index (χ0v) is 33.6. The molecule has 0 saturated carbocycles. The van der Waals surface area contributed by atoms with Crippen molar-refractivity contribution in [1.82, 2.24) is 0 Å². The van der Waals surface area contributed by atoms with Gasteiger partial charge in [-0.1, -0.05) is 220 Å². The highest BCUT2D eigenvalue weighted by Crippen LogP contribution is 2.30. The van der Waals surface area contributed by atoms with E-state index in [1.165, 1.54) is 180 Å². The van der Waals surface area contributed by atoms with Crippen LogP contribution < -0.4 is 0 Å². The Labute approximate surface area is 306 Å². The summed E-state index contributed by atoms with van der Waals surface area (Å²) < 4.78 is 11.8. The summed E-state index contributed by atoms with van der Waals surface area (Å²) in [6, 6.07) is 0. The van der Waals surface area contributed by atoms with E-state index in [2.05, 4.69) is 13.8 Å². The number of ether oxygens (including phenoxy) is 2. The molecule has 294 valence electrons. The molecule has 0 fully saturated rings. The number of esters is 1. The van der Waals surface area contributed by atoms with Crippen molar-refractivity contribution < 1.29 is 24.5 Å². The highest BCUT2D eigenvalue weighted by molar-refractivity contribution is 5.68.